The third kappa shape index (κ3) is 4.75. The Kier molecular flexibility index (Phi) is 5.44. The lowest BCUT2D eigenvalue weighted by Gasteiger charge is -2.12. The Morgan fingerprint density at radius 3 is 2.65 bits per heavy atom. The standard InChI is InChI=1S/C12H15F3O2/c1-8-6-9(2-3-10(8)13)11(16)4-5-17-7-12(14)15/h2-3,6,11-12,16H,4-5,7H2,1H3. The number of hydrogen-bond donors (Lipinski definition) is 1. The summed E-state index contributed by atoms with van der Waals surface area (Å²) in [5.41, 5.74) is 1.000. The first kappa shape index (κ1) is 14.0. The minimum Gasteiger partial charge on any atom is -0.388 e. The molecular weight excluding hydrogens is 233 g/mol. The van der Waals surface area contributed by atoms with Crippen LogP contribution in [0.25, 0.3) is 0 Å². The molecule has 17 heavy (non-hydrogen) atoms. The summed E-state index contributed by atoms with van der Waals surface area (Å²) in [5.74, 6) is -0.338. The van der Waals surface area contributed by atoms with Crippen LogP contribution in [0.3, 0.4) is 0 Å². The predicted molar refractivity (Wildman–Crippen MR) is 57.5 cm³/mol. The normalized spacial score (nSPS) is 13.1. The second-order valence-corrected chi connectivity index (χ2v) is 3.78. The largest absolute Gasteiger partial charge is 0.388 e. The quantitative estimate of drug-likeness (QED) is 0.784. The van der Waals surface area contributed by atoms with Crippen LogP contribution in [0.15, 0.2) is 18.2 Å². The van der Waals surface area contributed by atoms with Crippen LogP contribution in [0, 0.1) is 12.7 Å². The average Bonchev–Trinajstić information content (AvgIpc) is 2.27. The van der Waals surface area contributed by atoms with Crippen molar-refractivity contribution < 1.29 is 23.0 Å². The van der Waals surface area contributed by atoms with Crippen molar-refractivity contribution in [2.75, 3.05) is 13.2 Å². The van der Waals surface area contributed by atoms with Gasteiger partial charge in [-0.25, -0.2) is 13.2 Å². The van der Waals surface area contributed by atoms with Gasteiger partial charge in [-0.2, -0.15) is 0 Å². The Bertz CT molecular complexity index is 356. The van der Waals surface area contributed by atoms with Crippen molar-refractivity contribution in [3.63, 3.8) is 0 Å². The van der Waals surface area contributed by atoms with Crippen LogP contribution in [-0.4, -0.2) is 24.7 Å². The van der Waals surface area contributed by atoms with Gasteiger partial charge in [0, 0.05) is 13.0 Å². The number of hydrogen-bond acceptors (Lipinski definition) is 2. The van der Waals surface area contributed by atoms with Gasteiger partial charge in [0.2, 0.25) is 0 Å². The van der Waals surface area contributed by atoms with E-state index in [2.05, 4.69) is 4.74 Å². The van der Waals surface area contributed by atoms with Crippen molar-refractivity contribution in [3.8, 4) is 0 Å². The molecule has 0 saturated heterocycles. The summed E-state index contributed by atoms with van der Waals surface area (Å²) in [7, 11) is 0. The van der Waals surface area contributed by atoms with E-state index in [4.69, 9.17) is 0 Å². The molecule has 1 aromatic carbocycles. The molecule has 0 bridgehead atoms. The van der Waals surface area contributed by atoms with Gasteiger partial charge in [0.05, 0.1) is 6.10 Å². The fourth-order valence-corrected chi connectivity index (χ4v) is 1.41. The Hall–Kier alpha value is -1.07. The molecule has 1 rings (SSSR count). The molecule has 1 N–H and O–H groups in total. The lowest BCUT2D eigenvalue weighted by molar-refractivity contribution is 0.00480. The molecule has 0 aliphatic carbocycles. The van der Waals surface area contributed by atoms with Gasteiger partial charge in [-0.3, -0.25) is 0 Å². The highest BCUT2D eigenvalue weighted by Gasteiger charge is 2.10. The van der Waals surface area contributed by atoms with E-state index < -0.39 is 19.1 Å². The second kappa shape index (κ2) is 6.61. The Morgan fingerprint density at radius 2 is 2.06 bits per heavy atom. The Morgan fingerprint density at radius 1 is 1.35 bits per heavy atom. The molecule has 5 heteroatoms. The highest BCUT2D eigenvalue weighted by molar-refractivity contribution is 5.25. The van der Waals surface area contributed by atoms with E-state index in [-0.39, 0.29) is 18.8 Å². The molecule has 1 aromatic rings. The molecule has 0 aliphatic heterocycles. The van der Waals surface area contributed by atoms with E-state index in [9.17, 15) is 18.3 Å². The fraction of sp³-hybridized carbons (Fsp3) is 0.500. The van der Waals surface area contributed by atoms with Crippen molar-refractivity contribution in [1.29, 1.82) is 0 Å². The fourth-order valence-electron chi connectivity index (χ4n) is 1.41. The van der Waals surface area contributed by atoms with Gasteiger partial charge in [-0.1, -0.05) is 12.1 Å². The number of alkyl halides is 2. The molecule has 0 fully saturated rings. The molecule has 1 unspecified atom stereocenters. The molecule has 0 saturated carbocycles. The molecule has 0 radical (unpaired) electrons. The smallest absolute Gasteiger partial charge is 0.261 e. The molecule has 1 atom stereocenters. The topological polar surface area (TPSA) is 29.5 Å². The van der Waals surface area contributed by atoms with Crippen molar-refractivity contribution in [2.24, 2.45) is 0 Å². The zero-order chi connectivity index (χ0) is 12.8. The van der Waals surface area contributed by atoms with Crippen LogP contribution in [0.2, 0.25) is 0 Å². The van der Waals surface area contributed by atoms with E-state index in [1.165, 1.54) is 18.2 Å². The third-order valence-electron chi connectivity index (χ3n) is 2.35. The summed E-state index contributed by atoms with van der Waals surface area (Å²) in [4.78, 5) is 0. The minimum absolute atomic E-state index is 0.0436. The van der Waals surface area contributed by atoms with Gasteiger partial charge in [0.15, 0.2) is 0 Å². The summed E-state index contributed by atoms with van der Waals surface area (Å²) in [6.45, 7) is 1.01. The lowest BCUT2D eigenvalue weighted by Crippen LogP contribution is -2.08. The third-order valence-corrected chi connectivity index (χ3v) is 2.35. The molecule has 0 amide bonds. The van der Waals surface area contributed by atoms with Gasteiger partial charge in [-0.05, 0) is 24.1 Å². The SMILES string of the molecule is Cc1cc(C(O)CCOCC(F)F)ccc1F. The van der Waals surface area contributed by atoms with Crippen molar-refractivity contribution >= 4 is 0 Å². The number of ether oxygens (including phenoxy) is 1. The summed E-state index contributed by atoms with van der Waals surface area (Å²) < 4.78 is 41.1. The summed E-state index contributed by atoms with van der Waals surface area (Å²) in [6.07, 6.45) is -3.12. The number of halogens is 3. The summed E-state index contributed by atoms with van der Waals surface area (Å²) in [5, 5.41) is 9.71. The molecule has 0 aliphatic rings. The molecular formula is C12H15F3O2. The minimum atomic E-state index is -2.50. The van der Waals surface area contributed by atoms with Crippen molar-refractivity contribution in [1.82, 2.24) is 0 Å². The number of aliphatic hydroxyl groups excluding tert-OH is 1. The number of aryl methyl sites for hydroxylation is 1. The predicted octanol–water partition coefficient (Wildman–Crippen LogP) is 2.84. The number of aliphatic hydroxyl groups is 1. The zero-order valence-electron chi connectivity index (χ0n) is 9.50. The van der Waals surface area contributed by atoms with Gasteiger partial charge < -0.3 is 9.84 Å². The van der Waals surface area contributed by atoms with Crippen LogP contribution < -0.4 is 0 Å². The molecule has 0 heterocycles. The summed E-state index contributed by atoms with van der Waals surface area (Å²) in [6, 6.07) is 4.28. The summed E-state index contributed by atoms with van der Waals surface area (Å²) >= 11 is 0. The highest BCUT2D eigenvalue weighted by Crippen LogP contribution is 2.19. The number of rotatable bonds is 6. The van der Waals surface area contributed by atoms with Crippen LogP contribution in [0.4, 0.5) is 13.2 Å². The average molecular weight is 248 g/mol. The first-order chi connectivity index (χ1) is 8.00. The van der Waals surface area contributed by atoms with Gasteiger partial charge in [0.25, 0.3) is 6.43 Å². The van der Waals surface area contributed by atoms with E-state index in [1.807, 2.05) is 0 Å². The van der Waals surface area contributed by atoms with Crippen LogP contribution in [0.5, 0.6) is 0 Å². The van der Waals surface area contributed by atoms with E-state index in [0.717, 1.165) is 0 Å². The van der Waals surface area contributed by atoms with Crippen molar-refractivity contribution in [3.05, 3.63) is 35.1 Å². The Labute approximate surface area is 98.0 Å². The monoisotopic (exact) mass is 248 g/mol. The Balaban J connectivity index is 2.41. The molecule has 0 aromatic heterocycles. The van der Waals surface area contributed by atoms with Gasteiger partial charge >= 0.3 is 0 Å². The maximum absolute atomic E-state index is 13.0. The molecule has 2 nitrogen and oxygen atoms in total. The zero-order valence-corrected chi connectivity index (χ0v) is 9.50. The van der Waals surface area contributed by atoms with Crippen LogP contribution in [0.1, 0.15) is 23.7 Å². The highest BCUT2D eigenvalue weighted by atomic mass is 19.3. The molecule has 0 spiro atoms. The van der Waals surface area contributed by atoms with Gasteiger partial charge in [0.1, 0.15) is 12.4 Å². The van der Waals surface area contributed by atoms with E-state index in [0.29, 0.717) is 11.1 Å². The number of benzene rings is 1. The second-order valence-electron chi connectivity index (χ2n) is 3.78. The maximum Gasteiger partial charge on any atom is 0.261 e. The van der Waals surface area contributed by atoms with Crippen molar-refractivity contribution in [2.45, 2.75) is 25.9 Å². The maximum atomic E-state index is 13.0. The molecule has 96 valence electrons. The van der Waals surface area contributed by atoms with Crippen LogP contribution in [-0.2, 0) is 4.74 Å². The van der Waals surface area contributed by atoms with E-state index in [1.54, 1.807) is 6.92 Å². The first-order valence-electron chi connectivity index (χ1n) is 5.30. The lowest BCUT2D eigenvalue weighted by atomic mass is 10.0. The van der Waals surface area contributed by atoms with Gasteiger partial charge in [-0.15, -0.1) is 0 Å². The van der Waals surface area contributed by atoms with Crippen LogP contribution >= 0.6 is 0 Å². The van der Waals surface area contributed by atoms with E-state index >= 15 is 0 Å². The first-order valence-corrected chi connectivity index (χ1v) is 5.30.